The molecule has 0 aromatic heterocycles. The maximum absolute atomic E-state index is 12.2. The highest BCUT2D eigenvalue weighted by molar-refractivity contribution is 6.99. The van der Waals surface area contributed by atoms with E-state index in [2.05, 4.69) is 81.4 Å². The Balaban J connectivity index is 1.53. The first-order valence-electron chi connectivity index (χ1n) is 14.4. The van der Waals surface area contributed by atoms with E-state index in [0.717, 1.165) is 19.4 Å². The average Bonchev–Trinajstić information content (AvgIpc) is 2.96. The summed E-state index contributed by atoms with van der Waals surface area (Å²) in [7, 11) is -1.15. The Kier molecular flexibility index (Phi) is 9.68. The third-order valence-electron chi connectivity index (χ3n) is 8.46. The van der Waals surface area contributed by atoms with Crippen LogP contribution in [0.2, 0.25) is 5.04 Å². The van der Waals surface area contributed by atoms with Gasteiger partial charge in [-0.3, -0.25) is 0 Å². The second-order valence-corrected chi connectivity index (χ2v) is 16.2. The lowest BCUT2D eigenvalue weighted by Gasteiger charge is -2.44. The molecular formula is C34H44O4Si. The molecule has 3 aromatic carbocycles. The number of carbonyl (C=O) groups excluding carboxylic acids is 1. The van der Waals surface area contributed by atoms with E-state index in [4.69, 9.17) is 13.9 Å². The van der Waals surface area contributed by atoms with Gasteiger partial charge in [-0.2, -0.15) is 0 Å². The van der Waals surface area contributed by atoms with Gasteiger partial charge >= 0.3 is 5.97 Å². The fraction of sp³-hybridized carbons (Fsp3) is 0.441. The molecule has 1 saturated carbocycles. The van der Waals surface area contributed by atoms with Crippen LogP contribution in [0.15, 0.2) is 84.9 Å². The van der Waals surface area contributed by atoms with E-state index in [1.807, 2.05) is 18.2 Å². The summed E-state index contributed by atoms with van der Waals surface area (Å²) in [4.78, 5) is 12.2. The molecule has 0 atom stereocenters. The predicted octanol–water partition coefficient (Wildman–Crippen LogP) is 7.16. The van der Waals surface area contributed by atoms with Gasteiger partial charge < -0.3 is 13.9 Å². The molecule has 4 rings (SSSR count). The average molecular weight is 545 g/mol. The van der Waals surface area contributed by atoms with Crippen molar-refractivity contribution in [2.24, 2.45) is 5.41 Å². The van der Waals surface area contributed by atoms with Crippen LogP contribution < -0.4 is 15.1 Å². The summed E-state index contributed by atoms with van der Waals surface area (Å²) < 4.78 is 18.4. The quantitative estimate of drug-likeness (QED) is 0.190. The van der Waals surface area contributed by atoms with E-state index in [9.17, 15) is 4.79 Å². The Morgan fingerprint density at radius 1 is 0.769 bits per heavy atom. The van der Waals surface area contributed by atoms with Crippen LogP contribution in [0.3, 0.4) is 0 Å². The number of carbonyl (C=O) groups is 1. The molecular weight excluding hydrogens is 500 g/mol. The van der Waals surface area contributed by atoms with Crippen molar-refractivity contribution in [3.8, 4) is 5.75 Å². The largest absolute Gasteiger partial charge is 0.493 e. The fourth-order valence-electron chi connectivity index (χ4n) is 6.36. The molecule has 0 amide bonds. The van der Waals surface area contributed by atoms with Crippen molar-refractivity contribution in [2.45, 2.75) is 70.8 Å². The second kappa shape index (κ2) is 13.0. The SMILES string of the molecule is COC(=O)c1ccccc1OCCC1(CCO[Si](c2ccccc2)(c2ccccc2)C(C)(C)C)CCCCC1. The number of rotatable bonds is 11. The van der Waals surface area contributed by atoms with E-state index in [1.54, 1.807) is 6.07 Å². The number of ether oxygens (including phenoxy) is 2. The Morgan fingerprint density at radius 2 is 1.31 bits per heavy atom. The van der Waals surface area contributed by atoms with Crippen LogP contribution in [-0.4, -0.2) is 34.6 Å². The highest BCUT2D eigenvalue weighted by atomic mass is 28.4. The van der Waals surface area contributed by atoms with Gasteiger partial charge in [0.05, 0.1) is 13.7 Å². The number of para-hydroxylation sites is 1. The molecule has 0 spiro atoms. The highest BCUT2D eigenvalue weighted by Crippen LogP contribution is 2.44. The molecule has 0 N–H and O–H groups in total. The first-order chi connectivity index (χ1) is 18.8. The van der Waals surface area contributed by atoms with Crippen LogP contribution >= 0.6 is 0 Å². The van der Waals surface area contributed by atoms with Crippen LogP contribution in [-0.2, 0) is 9.16 Å². The molecule has 1 aliphatic carbocycles. The van der Waals surface area contributed by atoms with Gasteiger partial charge in [0.15, 0.2) is 0 Å². The van der Waals surface area contributed by atoms with E-state index in [-0.39, 0.29) is 16.4 Å². The van der Waals surface area contributed by atoms with Gasteiger partial charge in [0.25, 0.3) is 8.32 Å². The monoisotopic (exact) mass is 544 g/mol. The number of hydrogen-bond donors (Lipinski definition) is 0. The summed E-state index contributed by atoms with van der Waals surface area (Å²) in [6.45, 7) is 8.31. The smallest absolute Gasteiger partial charge is 0.341 e. The van der Waals surface area contributed by atoms with Gasteiger partial charge in [0, 0.05) is 6.61 Å². The molecule has 0 saturated heterocycles. The predicted molar refractivity (Wildman–Crippen MR) is 162 cm³/mol. The minimum atomic E-state index is -2.56. The zero-order valence-electron chi connectivity index (χ0n) is 24.1. The molecule has 0 unspecified atom stereocenters. The van der Waals surface area contributed by atoms with Crippen LogP contribution in [0.1, 0.15) is 76.1 Å². The van der Waals surface area contributed by atoms with Gasteiger partial charge in [-0.1, -0.05) is 113 Å². The summed E-state index contributed by atoms with van der Waals surface area (Å²) in [5.41, 5.74) is 0.664. The van der Waals surface area contributed by atoms with E-state index in [1.165, 1.54) is 49.6 Å². The number of esters is 1. The maximum Gasteiger partial charge on any atom is 0.341 e. The summed E-state index contributed by atoms with van der Waals surface area (Å²) >= 11 is 0. The topological polar surface area (TPSA) is 44.8 Å². The fourth-order valence-corrected chi connectivity index (χ4v) is 10.9. The molecule has 1 fully saturated rings. The van der Waals surface area contributed by atoms with Gasteiger partial charge in [-0.25, -0.2) is 4.79 Å². The molecule has 208 valence electrons. The highest BCUT2D eigenvalue weighted by Gasteiger charge is 2.50. The minimum Gasteiger partial charge on any atom is -0.493 e. The van der Waals surface area contributed by atoms with E-state index >= 15 is 0 Å². The van der Waals surface area contributed by atoms with Crippen LogP contribution in [0.4, 0.5) is 0 Å². The van der Waals surface area contributed by atoms with Crippen molar-refractivity contribution in [3.05, 3.63) is 90.5 Å². The Labute approximate surface area is 235 Å². The molecule has 1 aliphatic rings. The van der Waals surface area contributed by atoms with Crippen molar-refractivity contribution >= 4 is 24.7 Å². The zero-order chi connectivity index (χ0) is 27.8. The van der Waals surface area contributed by atoms with E-state index in [0.29, 0.717) is 17.9 Å². The Bertz CT molecular complexity index is 1140. The van der Waals surface area contributed by atoms with Gasteiger partial charge in [-0.15, -0.1) is 0 Å². The lowest BCUT2D eigenvalue weighted by Crippen LogP contribution is -2.66. The first-order valence-corrected chi connectivity index (χ1v) is 16.3. The molecule has 0 heterocycles. The zero-order valence-corrected chi connectivity index (χ0v) is 25.1. The van der Waals surface area contributed by atoms with Crippen molar-refractivity contribution in [2.75, 3.05) is 20.3 Å². The molecule has 5 heteroatoms. The second-order valence-electron chi connectivity index (χ2n) is 11.9. The number of hydrogen-bond acceptors (Lipinski definition) is 4. The summed E-state index contributed by atoms with van der Waals surface area (Å²) in [5, 5.41) is 2.61. The third-order valence-corrected chi connectivity index (χ3v) is 13.5. The van der Waals surface area contributed by atoms with Crippen LogP contribution in [0.25, 0.3) is 0 Å². The third kappa shape index (κ3) is 6.64. The number of benzene rings is 3. The normalized spacial score (nSPS) is 15.5. The summed E-state index contributed by atoms with van der Waals surface area (Å²) in [5.74, 6) is 0.232. The van der Waals surface area contributed by atoms with Crippen molar-refractivity contribution in [3.63, 3.8) is 0 Å². The molecule has 3 aromatic rings. The van der Waals surface area contributed by atoms with Gasteiger partial charge in [-0.05, 0) is 58.6 Å². The van der Waals surface area contributed by atoms with Crippen molar-refractivity contribution in [1.29, 1.82) is 0 Å². The molecule has 0 radical (unpaired) electrons. The van der Waals surface area contributed by atoms with Crippen molar-refractivity contribution < 1.29 is 18.7 Å². The molecule has 39 heavy (non-hydrogen) atoms. The summed E-state index contributed by atoms with van der Waals surface area (Å²) in [6.07, 6.45) is 8.14. The van der Waals surface area contributed by atoms with Crippen molar-refractivity contribution in [1.82, 2.24) is 0 Å². The molecule has 0 aliphatic heterocycles. The summed E-state index contributed by atoms with van der Waals surface area (Å²) in [6, 6.07) is 29.1. The lowest BCUT2D eigenvalue weighted by atomic mass is 9.70. The standard InChI is InChI=1S/C34H44O4Si/c1-33(2,3)39(28-16-8-5-9-17-28,29-18-10-6-11-19-29)38-27-25-34(22-14-7-15-23-34)24-26-37-31-21-13-12-20-30(31)32(35)36-4/h5-6,8-13,16-21H,7,14-15,22-27H2,1-4H3. The Hall–Kier alpha value is -2.89. The Morgan fingerprint density at radius 3 is 1.87 bits per heavy atom. The maximum atomic E-state index is 12.2. The number of methoxy groups -OCH3 is 1. The van der Waals surface area contributed by atoms with Gasteiger partial charge in [0.1, 0.15) is 11.3 Å². The molecule has 4 nitrogen and oxygen atoms in total. The molecule has 0 bridgehead atoms. The van der Waals surface area contributed by atoms with Crippen LogP contribution in [0, 0.1) is 5.41 Å². The van der Waals surface area contributed by atoms with E-state index < -0.39 is 8.32 Å². The lowest BCUT2D eigenvalue weighted by molar-refractivity contribution is 0.0593. The van der Waals surface area contributed by atoms with Crippen LogP contribution in [0.5, 0.6) is 5.75 Å². The minimum absolute atomic E-state index is 0.0316. The van der Waals surface area contributed by atoms with Gasteiger partial charge in [0.2, 0.25) is 0 Å². The first kappa shape index (κ1) is 29.1.